The third-order valence-corrected chi connectivity index (χ3v) is 2.72. The molecule has 15 heavy (non-hydrogen) atoms. The average Bonchev–Trinajstić information content (AvgIpc) is 2.44. The molecule has 0 unspecified atom stereocenters. The number of carboxylic acid groups (broad SMARTS) is 1. The fraction of sp³-hybridized carbons (Fsp3) is 0.444. The van der Waals surface area contributed by atoms with E-state index in [9.17, 15) is 9.59 Å². The number of amides is 1. The van der Waals surface area contributed by atoms with E-state index in [2.05, 4.69) is 10.3 Å². The molecule has 1 amide bonds. The van der Waals surface area contributed by atoms with Crippen LogP contribution in [0.4, 0.5) is 0 Å². The van der Waals surface area contributed by atoms with Gasteiger partial charge in [-0.15, -0.1) is 11.3 Å². The number of carbonyl (C=O) groups is 2. The van der Waals surface area contributed by atoms with Gasteiger partial charge in [-0.3, -0.25) is 9.59 Å². The molecular formula is C9H12N2O3S. The lowest BCUT2D eigenvalue weighted by molar-refractivity contribution is -0.138. The predicted octanol–water partition coefficient (Wildman–Crippen LogP) is 0.963. The molecule has 0 aliphatic heterocycles. The van der Waals surface area contributed by atoms with Gasteiger partial charge in [0.1, 0.15) is 11.7 Å². The number of hydrogen-bond donors (Lipinski definition) is 2. The molecule has 0 aliphatic rings. The second-order valence-electron chi connectivity index (χ2n) is 3.17. The Hall–Kier alpha value is -1.43. The normalized spacial score (nSPS) is 12.2. The average molecular weight is 228 g/mol. The number of aliphatic carboxylic acids is 1. The summed E-state index contributed by atoms with van der Waals surface area (Å²) in [6, 6.07) is -0.904. The number of thiazole rings is 1. The molecule has 5 nitrogen and oxygen atoms in total. The third-order valence-electron chi connectivity index (χ3n) is 1.84. The Morgan fingerprint density at radius 1 is 1.47 bits per heavy atom. The first-order valence-electron chi connectivity index (χ1n) is 4.39. The van der Waals surface area contributed by atoms with Gasteiger partial charge in [-0.1, -0.05) is 0 Å². The molecular weight excluding hydrogens is 216 g/mol. The molecule has 0 saturated heterocycles. The van der Waals surface area contributed by atoms with Crippen molar-refractivity contribution in [3.8, 4) is 0 Å². The van der Waals surface area contributed by atoms with Crippen LogP contribution >= 0.6 is 11.3 Å². The van der Waals surface area contributed by atoms with Gasteiger partial charge in [-0.2, -0.15) is 0 Å². The largest absolute Gasteiger partial charge is 0.480 e. The zero-order valence-electron chi connectivity index (χ0n) is 8.70. The second kappa shape index (κ2) is 4.39. The van der Waals surface area contributed by atoms with Crippen molar-refractivity contribution >= 4 is 23.2 Å². The number of rotatable bonds is 3. The van der Waals surface area contributed by atoms with E-state index >= 15 is 0 Å². The van der Waals surface area contributed by atoms with Crippen LogP contribution in [0.5, 0.6) is 0 Å². The molecule has 1 heterocycles. The molecule has 0 fully saturated rings. The zero-order chi connectivity index (χ0) is 11.6. The molecule has 0 bridgehead atoms. The van der Waals surface area contributed by atoms with Crippen LogP contribution in [-0.4, -0.2) is 28.0 Å². The van der Waals surface area contributed by atoms with Crippen LogP contribution in [0.1, 0.15) is 27.3 Å². The van der Waals surface area contributed by atoms with Gasteiger partial charge in [0.15, 0.2) is 0 Å². The van der Waals surface area contributed by atoms with Crippen LogP contribution in [-0.2, 0) is 4.79 Å². The van der Waals surface area contributed by atoms with Gasteiger partial charge in [0.25, 0.3) is 5.91 Å². The van der Waals surface area contributed by atoms with E-state index in [0.29, 0.717) is 5.69 Å². The Balaban J connectivity index is 2.77. The lowest BCUT2D eigenvalue weighted by Gasteiger charge is -2.07. The van der Waals surface area contributed by atoms with Crippen LogP contribution < -0.4 is 5.32 Å². The van der Waals surface area contributed by atoms with Gasteiger partial charge < -0.3 is 10.4 Å². The molecule has 2 N–H and O–H groups in total. The van der Waals surface area contributed by atoms with Crippen molar-refractivity contribution < 1.29 is 14.7 Å². The summed E-state index contributed by atoms with van der Waals surface area (Å²) in [5, 5.41) is 11.8. The summed E-state index contributed by atoms with van der Waals surface area (Å²) in [7, 11) is 0. The number of carbonyl (C=O) groups excluding carboxylic acids is 1. The van der Waals surface area contributed by atoms with E-state index in [1.54, 1.807) is 13.8 Å². The first-order valence-corrected chi connectivity index (χ1v) is 5.21. The smallest absolute Gasteiger partial charge is 0.325 e. The fourth-order valence-corrected chi connectivity index (χ4v) is 1.88. The van der Waals surface area contributed by atoms with E-state index in [-0.39, 0.29) is 0 Å². The molecule has 1 aromatic heterocycles. The Labute approximate surface area is 91.1 Å². The maximum Gasteiger partial charge on any atom is 0.325 e. The van der Waals surface area contributed by atoms with Crippen LogP contribution in [0.3, 0.4) is 0 Å². The SMILES string of the molecule is Cc1nc(C(=O)N[C@H](C)C(=O)O)c(C)s1. The molecule has 0 spiro atoms. The van der Waals surface area contributed by atoms with Gasteiger partial charge in [-0.25, -0.2) is 4.98 Å². The molecule has 1 rings (SSSR count). The zero-order valence-corrected chi connectivity index (χ0v) is 9.51. The summed E-state index contributed by atoms with van der Waals surface area (Å²) in [5.74, 6) is -1.50. The van der Waals surface area contributed by atoms with Crippen LogP contribution in [0.2, 0.25) is 0 Å². The van der Waals surface area contributed by atoms with E-state index in [1.807, 2.05) is 0 Å². The van der Waals surface area contributed by atoms with Crippen LogP contribution in [0.25, 0.3) is 0 Å². The highest BCUT2D eigenvalue weighted by molar-refractivity contribution is 7.11. The Kier molecular flexibility index (Phi) is 3.41. The summed E-state index contributed by atoms with van der Waals surface area (Å²) in [6.45, 7) is 4.99. The van der Waals surface area contributed by atoms with Crippen molar-refractivity contribution in [2.75, 3.05) is 0 Å². The fourth-order valence-electron chi connectivity index (χ4n) is 1.07. The minimum atomic E-state index is -1.06. The van der Waals surface area contributed by atoms with Crippen LogP contribution in [0.15, 0.2) is 0 Å². The van der Waals surface area contributed by atoms with Crippen molar-refractivity contribution in [3.05, 3.63) is 15.6 Å². The van der Waals surface area contributed by atoms with E-state index in [4.69, 9.17) is 5.11 Å². The van der Waals surface area contributed by atoms with Crippen molar-refractivity contribution in [1.29, 1.82) is 0 Å². The second-order valence-corrected chi connectivity index (χ2v) is 4.58. The number of nitrogens with one attached hydrogen (secondary N) is 1. The van der Waals surface area contributed by atoms with E-state index in [0.717, 1.165) is 9.88 Å². The number of aromatic nitrogens is 1. The minimum absolute atomic E-state index is 0.311. The summed E-state index contributed by atoms with van der Waals surface area (Å²) < 4.78 is 0. The summed E-state index contributed by atoms with van der Waals surface area (Å²) in [4.78, 5) is 26.9. The third kappa shape index (κ3) is 2.76. The molecule has 6 heteroatoms. The van der Waals surface area contributed by atoms with Gasteiger partial charge in [0, 0.05) is 4.88 Å². The van der Waals surface area contributed by atoms with Gasteiger partial charge >= 0.3 is 5.97 Å². The number of carboxylic acids is 1. The maximum atomic E-state index is 11.6. The Morgan fingerprint density at radius 2 is 2.07 bits per heavy atom. The van der Waals surface area contributed by atoms with Gasteiger partial charge in [-0.05, 0) is 20.8 Å². The first-order chi connectivity index (χ1) is 6.91. The Bertz CT molecular complexity index is 400. The standard InChI is InChI=1S/C9H12N2O3S/c1-4(9(13)14)10-8(12)7-5(2)15-6(3)11-7/h4H,1-3H3,(H,10,12)(H,13,14)/t4-/m1/s1. The molecule has 0 saturated carbocycles. The van der Waals surface area contributed by atoms with Gasteiger partial charge in [0.2, 0.25) is 0 Å². The summed E-state index contributed by atoms with van der Waals surface area (Å²) in [5.41, 5.74) is 0.311. The Morgan fingerprint density at radius 3 is 2.47 bits per heavy atom. The molecule has 82 valence electrons. The predicted molar refractivity (Wildman–Crippen MR) is 56.2 cm³/mol. The number of aryl methyl sites for hydroxylation is 2. The summed E-state index contributed by atoms with van der Waals surface area (Å²) >= 11 is 1.41. The lowest BCUT2D eigenvalue weighted by Crippen LogP contribution is -2.38. The topological polar surface area (TPSA) is 79.3 Å². The number of hydrogen-bond acceptors (Lipinski definition) is 4. The first kappa shape index (κ1) is 11.6. The number of nitrogens with zero attached hydrogens (tertiary/aromatic N) is 1. The van der Waals surface area contributed by atoms with Gasteiger partial charge in [0.05, 0.1) is 5.01 Å². The molecule has 0 aliphatic carbocycles. The highest BCUT2D eigenvalue weighted by Crippen LogP contribution is 2.16. The summed E-state index contributed by atoms with van der Waals surface area (Å²) in [6.07, 6.45) is 0. The van der Waals surface area contributed by atoms with Crippen molar-refractivity contribution in [2.24, 2.45) is 0 Å². The highest BCUT2D eigenvalue weighted by Gasteiger charge is 2.19. The van der Waals surface area contributed by atoms with Crippen molar-refractivity contribution in [2.45, 2.75) is 26.8 Å². The molecule has 0 radical (unpaired) electrons. The van der Waals surface area contributed by atoms with Crippen molar-refractivity contribution in [1.82, 2.24) is 10.3 Å². The monoisotopic (exact) mass is 228 g/mol. The quantitative estimate of drug-likeness (QED) is 0.807. The van der Waals surface area contributed by atoms with Crippen LogP contribution in [0, 0.1) is 13.8 Å². The minimum Gasteiger partial charge on any atom is -0.480 e. The van der Waals surface area contributed by atoms with Crippen molar-refractivity contribution in [3.63, 3.8) is 0 Å². The molecule has 0 aromatic carbocycles. The molecule has 1 aromatic rings. The van der Waals surface area contributed by atoms with E-state index in [1.165, 1.54) is 18.3 Å². The molecule has 1 atom stereocenters. The highest BCUT2D eigenvalue weighted by atomic mass is 32.1. The maximum absolute atomic E-state index is 11.6. The van der Waals surface area contributed by atoms with E-state index < -0.39 is 17.9 Å². The lowest BCUT2D eigenvalue weighted by atomic mass is 10.3.